The van der Waals surface area contributed by atoms with Gasteiger partial charge in [-0.1, -0.05) is 0 Å². The number of nitrogens with zero attached hydrogens (tertiary/aromatic N) is 4. The summed E-state index contributed by atoms with van der Waals surface area (Å²) >= 11 is 0. The first-order chi connectivity index (χ1) is 14.7. The molecule has 0 amide bonds. The maximum Gasteiger partial charge on any atom is 0.311 e. The standard InChI is InChI=1S/C20H23N7O4/c1-20(2,29)18(28)16-11-21-7-8-26(16)19-15(27(30)31)5-6-17(24-19)23-13-3-4-14-12(9-13)10-22-25-14/h3-6,9-10,16,21,29H,7-8,11H2,1-2H3,(H,22,25)(H,23,24). The van der Waals surface area contributed by atoms with Gasteiger partial charge in [-0.15, -0.1) is 0 Å². The van der Waals surface area contributed by atoms with Gasteiger partial charge in [0.15, 0.2) is 5.78 Å². The van der Waals surface area contributed by atoms with Gasteiger partial charge in [0.05, 0.1) is 16.6 Å². The highest BCUT2D eigenvalue weighted by Crippen LogP contribution is 2.32. The number of anilines is 3. The van der Waals surface area contributed by atoms with E-state index in [9.17, 15) is 20.0 Å². The van der Waals surface area contributed by atoms with Crippen LogP contribution >= 0.6 is 0 Å². The second-order valence-electron chi connectivity index (χ2n) is 7.93. The molecule has 1 atom stereocenters. The van der Waals surface area contributed by atoms with Crippen LogP contribution < -0.4 is 15.5 Å². The summed E-state index contributed by atoms with van der Waals surface area (Å²) in [7, 11) is 0. The number of rotatable bonds is 6. The quantitative estimate of drug-likeness (QED) is 0.342. The summed E-state index contributed by atoms with van der Waals surface area (Å²) in [5.74, 6) is 0.0551. The van der Waals surface area contributed by atoms with Crippen LogP contribution in [-0.4, -0.2) is 62.3 Å². The van der Waals surface area contributed by atoms with Gasteiger partial charge in [-0.3, -0.25) is 20.0 Å². The van der Waals surface area contributed by atoms with E-state index >= 15 is 0 Å². The number of hydrogen-bond donors (Lipinski definition) is 4. The zero-order valence-electron chi connectivity index (χ0n) is 17.1. The first kappa shape index (κ1) is 20.7. The fourth-order valence-electron chi connectivity index (χ4n) is 3.63. The Hall–Kier alpha value is -3.57. The molecule has 0 spiro atoms. The lowest BCUT2D eigenvalue weighted by Crippen LogP contribution is -2.59. The van der Waals surface area contributed by atoms with Crippen LogP contribution in [0.15, 0.2) is 36.5 Å². The van der Waals surface area contributed by atoms with Gasteiger partial charge in [-0.2, -0.15) is 5.10 Å². The number of pyridine rings is 1. The molecule has 0 radical (unpaired) electrons. The van der Waals surface area contributed by atoms with E-state index in [1.54, 1.807) is 11.1 Å². The van der Waals surface area contributed by atoms with Crippen LogP contribution in [0.2, 0.25) is 0 Å². The maximum absolute atomic E-state index is 12.8. The van der Waals surface area contributed by atoms with Crippen LogP contribution in [0.3, 0.4) is 0 Å². The summed E-state index contributed by atoms with van der Waals surface area (Å²) in [4.78, 5) is 30.1. The van der Waals surface area contributed by atoms with Crippen LogP contribution in [0.5, 0.6) is 0 Å². The van der Waals surface area contributed by atoms with E-state index in [0.29, 0.717) is 18.9 Å². The lowest BCUT2D eigenvalue weighted by atomic mass is 9.94. The molecule has 1 saturated heterocycles. The van der Waals surface area contributed by atoms with Crippen LogP contribution in [0.25, 0.3) is 10.9 Å². The molecule has 1 fully saturated rings. The Labute approximate surface area is 177 Å². The van der Waals surface area contributed by atoms with Gasteiger partial charge in [-0.25, -0.2) is 4.98 Å². The molecule has 31 heavy (non-hydrogen) atoms. The molecule has 1 aliphatic rings. The van der Waals surface area contributed by atoms with Crippen molar-refractivity contribution in [3.05, 3.63) is 46.6 Å². The second-order valence-corrected chi connectivity index (χ2v) is 7.93. The monoisotopic (exact) mass is 425 g/mol. The van der Waals surface area contributed by atoms with Crippen molar-refractivity contribution in [2.75, 3.05) is 29.9 Å². The topological polar surface area (TPSA) is 149 Å². The largest absolute Gasteiger partial charge is 0.383 e. The van der Waals surface area contributed by atoms with E-state index in [1.807, 2.05) is 18.2 Å². The Morgan fingerprint density at radius 1 is 1.35 bits per heavy atom. The van der Waals surface area contributed by atoms with Gasteiger partial charge in [0.1, 0.15) is 17.5 Å². The Morgan fingerprint density at radius 3 is 2.90 bits per heavy atom. The number of aromatic nitrogens is 3. The summed E-state index contributed by atoms with van der Waals surface area (Å²) in [5.41, 5.74) is -0.152. The molecule has 2 aromatic heterocycles. The predicted molar refractivity (Wildman–Crippen MR) is 116 cm³/mol. The average Bonchev–Trinajstić information content (AvgIpc) is 3.20. The van der Waals surface area contributed by atoms with Gasteiger partial charge in [-0.05, 0) is 38.1 Å². The molecule has 162 valence electrons. The fraction of sp³-hybridized carbons (Fsp3) is 0.350. The smallest absolute Gasteiger partial charge is 0.311 e. The number of piperazine rings is 1. The van der Waals surface area contributed by atoms with Gasteiger partial charge in [0.2, 0.25) is 5.82 Å². The Bertz CT molecular complexity index is 1140. The Kier molecular flexibility index (Phi) is 5.29. The summed E-state index contributed by atoms with van der Waals surface area (Å²) < 4.78 is 0. The molecule has 1 aromatic carbocycles. The molecule has 11 nitrogen and oxygen atoms in total. The Morgan fingerprint density at radius 2 is 2.16 bits per heavy atom. The Balaban J connectivity index is 1.71. The first-order valence-electron chi connectivity index (χ1n) is 9.83. The number of nitrogens with one attached hydrogen (secondary N) is 3. The molecule has 1 unspecified atom stereocenters. The minimum atomic E-state index is -1.58. The molecule has 1 aliphatic heterocycles. The third-order valence-electron chi connectivity index (χ3n) is 5.18. The van der Waals surface area contributed by atoms with E-state index in [2.05, 4.69) is 25.8 Å². The van der Waals surface area contributed by atoms with Crippen molar-refractivity contribution in [2.24, 2.45) is 0 Å². The van der Waals surface area contributed by atoms with Crippen LogP contribution in [-0.2, 0) is 4.79 Å². The number of carbonyl (C=O) groups is 1. The van der Waals surface area contributed by atoms with Gasteiger partial charge >= 0.3 is 5.69 Å². The van der Waals surface area contributed by atoms with Crippen molar-refractivity contribution in [3.63, 3.8) is 0 Å². The van der Waals surface area contributed by atoms with Gasteiger partial charge in [0, 0.05) is 36.8 Å². The van der Waals surface area contributed by atoms with Gasteiger partial charge in [0.25, 0.3) is 0 Å². The lowest BCUT2D eigenvalue weighted by molar-refractivity contribution is -0.384. The number of aromatic amines is 1. The number of benzene rings is 1. The van der Waals surface area contributed by atoms with Crippen LogP contribution in [0.1, 0.15) is 13.8 Å². The fourth-order valence-corrected chi connectivity index (χ4v) is 3.63. The number of carbonyl (C=O) groups excluding carboxylic acids is 1. The number of aliphatic hydroxyl groups is 1. The summed E-state index contributed by atoms with van der Waals surface area (Å²) in [6.45, 7) is 3.95. The SMILES string of the molecule is CC(C)(O)C(=O)C1CNCCN1c1nc(Nc2ccc3[nH]ncc3c2)ccc1[N+](=O)[O-]. The zero-order chi connectivity index (χ0) is 22.2. The van der Waals surface area contributed by atoms with E-state index < -0.39 is 22.3 Å². The normalized spacial score (nSPS) is 17.0. The molecule has 0 saturated carbocycles. The minimum Gasteiger partial charge on any atom is -0.383 e. The van der Waals surface area contributed by atoms with E-state index in [1.165, 1.54) is 26.0 Å². The van der Waals surface area contributed by atoms with Crippen molar-refractivity contribution in [2.45, 2.75) is 25.5 Å². The zero-order valence-corrected chi connectivity index (χ0v) is 17.1. The molecule has 4 rings (SSSR count). The molecule has 3 aromatic rings. The maximum atomic E-state index is 12.8. The molecule has 3 heterocycles. The number of hydrogen-bond acceptors (Lipinski definition) is 9. The van der Waals surface area contributed by atoms with E-state index in [0.717, 1.165) is 16.6 Å². The predicted octanol–water partition coefficient (Wildman–Crippen LogP) is 1.73. The van der Waals surface area contributed by atoms with Crippen LogP contribution in [0.4, 0.5) is 23.0 Å². The lowest BCUT2D eigenvalue weighted by Gasteiger charge is -2.38. The highest BCUT2D eigenvalue weighted by Gasteiger charge is 2.39. The van der Waals surface area contributed by atoms with Crippen molar-refractivity contribution < 1.29 is 14.8 Å². The molecule has 4 N–H and O–H groups in total. The molecule has 0 aliphatic carbocycles. The third kappa shape index (κ3) is 4.18. The van der Waals surface area contributed by atoms with Crippen LogP contribution in [0, 0.1) is 10.1 Å². The molecular formula is C20H23N7O4. The number of H-pyrrole nitrogens is 1. The first-order valence-corrected chi connectivity index (χ1v) is 9.83. The highest BCUT2D eigenvalue weighted by atomic mass is 16.6. The minimum absolute atomic E-state index is 0.0866. The van der Waals surface area contributed by atoms with Gasteiger partial charge < -0.3 is 20.6 Å². The van der Waals surface area contributed by atoms with Crippen molar-refractivity contribution in [3.8, 4) is 0 Å². The van der Waals surface area contributed by atoms with Crippen molar-refractivity contribution in [1.29, 1.82) is 0 Å². The number of ketones is 1. The van der Waals surface area contributed by atoms with Crippen molar-refractivity contribution in [1.82, 2.24) is 20.5 Å². The molecule has 11 heteroatoms. The van der Waals surface area contributed by atoms with E-state index in [-0.39, 0.29) is 18.1 Å². The summed E-state index contributed by atoms with van der Waals surface area (Å²) in [5, 5.41) is 35.9. The highest BCUT2D eigenvalue weighted by molar-refractivity contribution is 5.94. The number of Topliss-reactive ketones (excluding diaryl/α,β-unsaturated/α-hetero) is 1. The molecule has 0 bridgehead atoms. The average molecular weight is 425 g/mol. The molecular weight excluding hydrogens is 402 g/mol. The van der Waals surface area contributed by atoms with Crippen molar-refractivity contribution >= 4 is 39.7 Å². The summed E-state index contributed by atoms with van der Waals surface area (Å²) in [6.07, 6.45) is 1.70. The second kappa shape index (κ2) is 7.93. The number of nitro groups is 1. The summed E-state index contributed by atoms with van der Waals surface area (Å²) in [6, 6.07) is 7.70. The van der Waals surface area contributed by atoms with E-state index in [4.69, 9.17) is 0 Å². The third-order valence-corrected chi connectivity index (χ3v) is 5.18. The number of fused-ring (bicyclic) bond motifs is 1.